The van der Waals surface area contributed by atoms with E-state index >= 15 is 0 Å². The first-order chi connectivity index (χ1) is 7.69. The average molecular weight is 246 g/mol. The Bertz CT molecular complexity index is 371. The van der Waals surface area contributed by atoms with Crippen molar-refractivity contribution in [3.8, 4) is 5.75 Å². The molecule has 0 aliphatic heterocycles. The Morgan fingerprint density at radius 1 is 1.56 bits per heavy atom. The van der Waals surface area contributed by atoms with Gasteiger partial charge >= 0.3 is 0 Å². The molecule has 0 unspecified atom stereocenters. The number of hydrogen-bond donors (Lipinski definition) is 1. The second-order valence-electron chi connectivity index (χ2n) is 3.17. The molecule has 1 rings (SSSR count). The Morgan fingerprint density at radius 2 is 2.31 bits per heavy atom. The molecule has 0 heterocycles. The zero-order chi connectivity index (χ0) is 12.0. The molecule has 0 radical (unpaired) electrons. The number of nitrogens with one attached hydrogen (secondary N) is 1. The van der Waals surface area contributed by atoms with Gasteiger partial charge in [0.15, 0.2) is 11.6 Å². The normalized spacial score (nSPS) is 9.94. The lowest BCUT2D eigenvalue weighted by molar-refractivity contribution is -0.118. The maximum atomic E-state index is 13.6. The number of rotatable bonds is 5. The first-order valence-corrected chi connectivity index (χ1v) is 5.36. The molecule has 0 saturated carbocycles. The van der Waals surface area contributed by atoms with Crippen molar-refractivity contribution in [2.75, 3.05) is 19.5 Å². The molecule has 0 fully saturated rings. The molecule has 0 saturated heterocycles. The molecule has 0 atom stereocenters. The molecule has 0 spiro atoms. The summed E-state index contributed by atoms with van der Waals surface area (Å²) in [5.41, 5.74) is 0.509. The van der Waals surface area contributed by atoms with Crippen molar-refractivity contribution in [3.63, 3.8) is 0 Å². The summed E-state index contributed by atoms with van der Waals surface area (Å²) in [4.78, 5) is 10.8. The van der Waals surface area contributed by atoms with E-state index < -0.39 is 0 Å². The minimum Gasteiger partial charge on any atom is -0.494 e. The molecule has 5 heteroatoms. The second kappa shape index (κ2) is 6.33. The summed E-state index contributed by atoms with van der Waals surface area (Å²) in [6, 6.07) is 4.92. The average Bonchev–Trinajstić information content (AvgIpc) is 2.31. The summed E-state index contributed by atoms with van der Waals surface area (Å²) in [5.74, 6) is -0.517. The van der Waals surface area contributed by atoms with Gasteiger partial charge in [-0.15, -0.1) is 11.6 Å². The standard InChI is InChI=1S/C11H13ClFNO2/c1-16-9-4-2-3-8(11(9)13)5-6-14-10(15)7-12/h2-4H,5-7H2,1H3,(H,14,15). The van der Waals surface area contributed by atoms with Crippen LogP contribution in [0.25, 0.3) is 0 Å². The van der Waals surface area contributed by atoms with Crippen LogP contribution in [0.15, 0.2) is 18.2 Å². The monoisotopic (exact) mass is 245 g/mol. The lowest BCUT2D eigenvalue weighted by atomic mass is 10.1. The van der Waals surface area contributed by atoms with Crippen LogP contribution in [0, 0.1) is 5.82 Å². The summed E-state index contributed by atoms with van der Waals surface area (Å²) in [6.45, 7) is 0.357. The molecule has 1 N–H and O–H groups in total. The van der Waals surface area contributed by atoms with Gasteiger partial charge in [0.2, 0.25) is 5.91 Å². The maximum Gasteiger partial charge on any atom is 0.234 e. The predicted molar refractivity (Wildman–Crippen MR) is 60.4 cm³/mol. The Hall–Kier alpha value is -1.29. The summed E-state index contributed by atoms with van der Waals surface area (Å²) >= 11 is 5.31. The van der Waals surface area contributed by atoms with Crippen LogP contribution in [-0.4, -0.2) is 25.4 Å². The topological polar surface area (TPSA) is 38.3 Å². The summed E-state index contributed by atoms with van der Waals surface area (Å²) in [5, 5.41) is 2.57. The third-order valence-electron chi connectivity index (χ3n) is 2.10. The molecule has 0 bridgehead atoms. The van der Waals surface area contributed by atoms with E-state index in [1.165, 1.54) is 7.11 Å². The zero-order valence-corrected chi connectivity index (χ0v) is 9.68. The Morgan fingerprint density at radius 3 is 2.94 bits per heavy atom. The molecule has 1 amide bonds. The predicted octanol–water partition coefficient (Wildman–Crippen LogP) is 1.73. The SMILES string of the molecule is COc1cccc(CCNC(=O)CCl)c1F. The highest BCUT2D eigenvalue weighted by Gasteiger charge is 2.08. The van der Waals surface area contributed by atoms with Crippen molar-refractivity contribution < 1.29 is 13.9 Å². The van der Waals surface area contributed by atoms with E-state index in [2.05, 4.69) is 5.32 Å². The number of benzene rings is 1. The van der Waals surface area contributed by atoms with Crippen molar-refractivity contribution in [3.05, 3.63) is 29.6 Å². The number of halogens is 2. The van der Waals surface area contributed by atoms with E-state index in [1.54, 1.807) is 18.2 Å². The van der Waals surface area contributed by atoms with Crippen LogP contribution in [0.3, 0.4) is 0 Å². The van der Waals surface area contributed by atoms with Gasteiger partial charge in [-0.1, -0.05) is 12.1 Å². The van der Waals surface area contributed by atoms with E-state index in [9.17, 15) is 9.18 Å². The Labute approximate surface area is 98.5 Å². The highest BCUT2D eigenvalue weighted by Crippen LogP contribution is 2.19. The van der Waals surface area contributed by atoms with E-state index in [1.807, 2.05) is 0 Å². The third-order valence-corrected chi connectivity index (χ3v) is 2.34. The number of alkyl halides is 1. The summed E-state index contributed by atoms with van der Waals surface area (Å²) in [7, 11) is 1.41. The number of carbonyl (C=O) groups excluding carboxylic acids is 1. The molecule has 1 aromatic carbocycles. The number of ether oxygens (including phenoxy) is 1. The Balaban J connectivity index is 2.57. The van der Waals surface area contributed by atoms with Crippen molar-refractivity contribution >= 4 is 17.5 Å². The van der Waals surface area contributed by atoms with Crippen LogP contribution in [0.1, 0.15) is 5.56 Å². The van der Waals surface area contributed by atoms with Crippen molar-refractivity contribution in [2.24, 2.45) is 0 Å². The Kier molecular flexibility index (Phi) is 5.05. The largest absolute Gasteiger partial charge is 0.494 e. The van der Waals surface area contributed by atoms with Crippen LogP contribution >= 0.6 is 11.6 Å². The molecule has 0 aliphatic carbocycles. The van der Waals surface area contributed by atoms with Gasteiger partial charge in [0.05, 0.1) is 7.11 Å². The first kappa shape index (κ1) is 12.8. The number of amides is 1. The minimum absolute atomic E-state index is 0.0827. The lowest BCUT2D eigenvalue weighted by Gasteiger charge is -2.07. The van der Waals surface area contributed by atoms with Crippen LogP contribution in [0.4, 0.5) is 4.39 Å². The molecule has 3 nitrogen and oxygen atoms in total. The van der Waals surface area contributed by atoms with Gasteiger partial charge in [0.1, 0.15) is 5.88 Å². The number of carbonyl (C=O) groups is 1. The van der Waals surface area contributed by atoms with Gasteiger partial charge in [-0.25, -0.2) is 4.39 Å². The fourth-order valence-electron chi connectivity index (χ4n) is 1.29. The van der Waals surface area contributed by atoms with E-state index in [0.717, 1.165) is 0 Å². The molecule has 1 aromatic rings. The van der Waals surface area contributed by atoms with E-state index in [4.69, 9.17) is 16.3 Å². The lowest BCUT2D eigenvalue weighted by Crippen LogP contribution is -2.26. The van der Waals surface area contributed by atoms with Crippen molar-refractivity contribution in [1.82, 2.24) is 5.32 Å². The van der Waals surface area contributed by atoms with Crippen LogP contribution < -0.4 is 10.1 Å². The number of hydrogen-bond acceptors (Lipinski definition) is 2. The maximum absolute atomic E-state index is 13.6. The van der Waals surface area contributed by atoms with Crippen molar-refractivity contribution in [2.45, 2.75) is 6.42 Å². The van der Waals surface area contributed by atoms with Crippen LogP contribution in [-0.2, 0) is 11.2 Å². The summed E-state index contributed by atoms with van der Waals surface area (Å²) in [6.07, 6.45) is 0.408. The third kappa shape index (κ3) is 3.38. The van der Waals surface area contributed by atoms with Gasteiger partial charge in [0, 0.05) is 6.54 Å². The zero-order valence-electron chi connectivity index (χ0n) is 8.93. The first-order valence-electron chi connectivity index (χ1n) is 4.83. The highest BCUT2D eigenvalue weighted by molar-refractivity contribution is 6.27. The smallest absolute Gasteiger partial charge is 0.234 e. The molecule has 16 heavy (non-hydrogen) atoms. The molecular weight excluding hydrogens is 233 g/mol. The fraction of sp³-hybridized carbons (Fsp3) is 0.364. The quantitative estimate of drug-likeness (QED) is 0.803. The molecular formula is C11H13ClFNO2. The molecule has 0 aliphatic rings. The van der Waals surface area contributed by atoms with Crippen molar-refractivity contribution in [1.29, 1.82) is 0 Å². The summed E-state index contributed by atoms with van der Waals surface area (Å²) < 4.78 is 18.5. The van der Waals surface area contributed by atoms with Gasteiger partial charge in [-0.3, -0.25) is 4.79 Å². The fourth-order valence-corrected chi connectivity index (χ4v) is 1.39. The minimum atomic E-state index is -0.384. The van der Waals surface area contributed by atoms with E-state index in [0.29, 0.717) is 18.5 Å². The van der Waals surface area contributed by atoms with E-state index in [-0.39, 0.29) is 23.4 Å². The number of methoxy groups -OCH3 is 1. The molecule has 0 aromatic heterocycles. The van der Waals surface area contributed by atoms with Gasteiger partial charge < -0.3 is 10.1 Å². The van der Waals surface area contributed by atoms with Crippen LogP contribution in [0.5, 0.6) is 5.75 Å². The highest BCUT2D eigenvalue weighted by atomic mass is 35.5. The van der Waals surface area contributed by atoms with Gasteiger partial charge in [-0.05, 0) is 18.1 Å². The molecule has 88 valence electrons. The van der Waals surface area contributed by atoms with Gasteiger partial charge in [0.25, 0.3) is 0 Å². The second-order valence-corrected chi connectivity index (χ2v) is 3.43. The van der Waals surface area contributed by atoms with Gasteiger partial charge in [-0.2, -0.15) is 0 Å². The van der Waals surface area contributed by atoms with Crippen LogP contribution in [0.2, 0.25) is 0 Å².